The number of nitrogens with two attached hydrogens (primary N) is 1. The fourth-order valence-corrected chi connectivity index (χ4v) is 4.14. The van der Waals surface area contributed by atoms with Crippen molar-refractivity contribution in [2.45, 2.75) is 58.4 Å². The van der Waals surface area contributed by atoms with Gasteiger partial charge in [0.15, 0.2) is 0 Å². The zero-order valence-electron chi connectivity index (χ0n) is 13.0. The molecule has 1 aromatic rings. The summed E-state index contributed by atoms with van der Waals surface area (Å²) < 4.78 is 0. The molecular weight excluding hydrogens is 244 g/mol. The Morgan fingerprint density at radius 3 is 2.75 bits per heavy atom. The van der Waals surface area contributed by atoms with Crippen molar-refractivity contribution < 1.29 is 0 Å². The number of nitrogens with one attached hydrogen (secondary N) is 1. The van der Waals surface area contributed by atoms with Gasteiger partial charge in [-0.15, -0.1) is 0 Å². The fourth-order valence-electron chi connectivity index (χ4n) is 4.14. The molecule has 0 radical (unpaired) electrons. The van der Waals surface area contributed by atoms with E-state index in [9.17, 15) is 0 Å². The first kappa shape index (κ1) is 14.1. The van der Waals surface area contributed by atoms with Gasteiger partial charge in [-0.25, -0.2) is 0 Å². The number of benzene rings is 1. The van der Waals surface area contributed by atoms with E-state index in [4.69, 9.17) is 5.84 Å². The van der Waals surface area contributed by atoms with E-state index in [1.807, 2.05) is 0 Å². The zero-order valence-corrected chi connectivity index (χ0v) is 13.0. The predicted molar refractivity (Wildman–Crippen MR) is 84.3 cm³/mol. The molecule has 3 rings (SSSR count). The molecule has 2 aliphatic carbocycles. The molecule has 1 fully saturated rings. The first-order chi connectivity index (χ1) is 9.51. The standard InChI is InChI=1S/C18H28N2/c1-18(2,3)11-10-15(20-19)17-14-9-8-12-6-4-5-7-13(12)16(14)17/h4-7,14-17,20H,8-11,19H2,1-3H3. The van der Waals surface area contributed by atoms with Gasteiger partial charge >= 0.3 is 0 Å². The highest BCUT2D eigenvalue weighted by molar-refractivity contribution is 5.40. The van der Waals surface area contributed by atoms with Crippen LogP contribution in [-0.2, 0) is 6.42 Å². The van der Waals surface area contributed by atoms with Crippen LogP contribution in [0.1, 0.15) is 57.1 Å². The van der Waals surface area contributed by atoms with Crippen molar-refractivity contribution in [3.8, 4) is 0 Å². The molecule has 0 bridgehead atoms. The lowest BCUT2D eigenvalue weighted by Gasteiger charge is -2.23. The molecule has 1 aromatic carbocycles. The van der Waals surface area contributed by atoms with Crippen LogP contribution in [0.15, 0.2) is 24.3 Å². The van der Waals surface area contributed by atoms with E-state index in [0.29, 0.717) is 11.5 Å². The Labute approximate surface area is 123 Å². The highest BCUT2D eigenvalue weighted by Crippen LogP contribution is 2.61. The van der Waals surface area contributed by atoms with Crippen molar-refractivity contribution in [2.24, 2.45) is 23.1 Å². The van der Waals surface area contributed by atoms with Crippen LogP contribution < -0.4 is 11.3 Å². The van der Waals surface area contributed by atoms with Crippen molar-refractivity contribution in [1.82, 2.24) is 5.43 Å². The summed E-state index contributed by atoms with van der Waals surface area (Å²) in [6.45, 7) is 6.95. The fraction of sp³-hybridized carbons (Fsp3) is 0.667. The molecule has 3 N–H and O–H groups in total. The quantitative estimate of drug-likeness (QED) is 0.649. The van der Waals surface area contributed by atoms with E-state index in [2.05, 4.69) is 50.5 Å². The molecule has 0 saturated heterocycles. The Hall–Kier alpha value is -0.860. The summed E-state index contributed by atoms with van der Waals surface area (Å²) in [6.07, 6.45) is 5.03. The minimum absolute atomic E-state index is 0.396. The number of hydrazine groups is 1. The van der Waals surface area contributed by atoms with Gasteiger partial charge in [-0.1, -0.05) is 45.0 Å². The summed E-state index contributed by atoms with van der Waals surface area (Å²) >= 11 is 0. The van der Waals surface area contributed by atoms with E-state index in [1.54, 1.807) is 11.1 Å². The van der Waals surface area contributed by atoms with E-state index in [1.165, 1.54) is 25.7 Å². The Kier molecular flexibility index (Phi) is 3.64. The molecule has 20 heavy (non-hydrogen) atoms. The minimum atomic E-state index is 0.396. The van der Waals surface area contributed by atoms with Crippen molar-refractivity contribution in [3.63, 3.8) is 0 Å². The van der Waals surface area contributed by atoms with Gasteiger partial charge in [-0.2, -0.15) is 0 Å². The molecule has 0 aliphatic heterocycles. The Morgan fingerprint density at radius 1 is 1.30 bits per heavy atom. The topological polar surface area (TPSA) is 38.0 Å². The molecule has 110 valence electrons. The average Bonchev–Trinajstić information content (AvgIpc) is 3.13. The third kappa shape index (κ3) is 2.64. The van der Waals surface area contributed by atoms with Gasteiger partial charge in [0.05, 0.1) is 0 Å². The highest BCUT2D eigenvalue weighted by atomic mass is 15.2. The van der Waals surface area contributed by atoms with Gasteiger partial charge in [-0.3, -0.25) is 11.3 Å². The van der Waals surface area contributed by atoms with Gasteiger partial charge in [0, 0.05) is 6.04 Å². The molecule has 0 amide bonds. The summed E-state index contributed by atoms with van der Waals surface area (Å²) in [5.74, 6) is 8.25. The molecule has 0 heterocycles. The molecule has 2 nitrogen and oxygen atoms in total. The molecule has 4 atom stereocenters. The van der Waals surface area contributed by atoms with Crippen LogP contribution in [-0.4, -0.2) is 6.04 Å². The average molecular weight is 272 g/mol. The number of hydrogen-bond donors (Lipinski definition) is 2. The Bertz CT molecular complexity index is 475. The van der Waals surface area contributed by atoms with Gasteiger partial charge in [0.1, 0.15) is 0 Å². The van der Waals surface area contributed by atoms with Crippen molar-refractivity contribution >= 4 is 0 Å². The highest BCUT2D eigenvalue weighted by Gasteiger charge is 2.55. The normalized spacial score (nSPS) is 29.5. The van der Waals surface area contributed by atoms with Gasteiger partial charge in [0.25, 0.3) is 0 Å². The van der Waals surface area contributed by atoms with Crippen LogP contribution in [0.25, 0.3) is 0 Å². The molecule has 4 unspecified atom stereocenters. The second kappa shape index (κ2) is 5.16. The van der Waals surface area contributed by atoms with Gasteiger partial charge < -0.3 is 0 Å². The van der Waals surface area contributed by atoms with Gasteiger partial charge in [-0.05, 0) is 60.0 Å². The molecule has 0 spiro atoms. The van der Waals surface area contributed by atoms with Gasteiger partial charge in [0.2, 0.25) is 0 Å². The molecule has 0 aromatic heterocycles. The molecular formula is C18H28N2. The molecule has 2 heteroatoms. The first-order valence-electron chi connectivity index (χ1n) is 8.05. The summed E-state index contributed by atoms with van der Waals surface area (Å²) in [5.41, 5.74) is 6.69. The van der Waals surface area contributed by atoms with E-state index >= 15 is 0 Å². The Morgan fingerprint density at radius 2 is 2.05 bits per heavy atom. The summed E-state index contributed by atoms with van der Waals surface area (Å²) in [7, 11) is 0. The zero-order chi connectivity index (χ0) is 14.3. The second-order valence-corrected chi connectivity index (χ2v) is 7.88. The number of fused-ring (bicyclic) bond motifs is 3. The van der Waals surface area contributed by atoms with Crippen molar-refractivity contribution in [3.05, 3.63) is 35.4 Å². The van der Waals surface area contributed by atoms with E-state index in [0.717, 1.165) is 17.8 Å². The summed E-state index contributed by atoms with van der Waals surface area (Å²) in [4.78, 5) is 0. The lowest BCUT2D eigenvalue weighted by molar-refractivity contribution is 0.311. The number of rotatable bonds is 4. The number of aryl methyl sites for hydroxylation is 1. The van der Waals surface area contributed by atoms with Crippen LogP contribution in [0.5, 0.6) is 0 Å². The van der Waals surface area contributed by atoms with Crippen molar-refractivity contribution in [2.75, 3.05) is 0 Å². The third-order valence-corrected chi connectivity index (χ3v) is 5.27. The molecule has 2 aliphatic rings. The largest absolute Gasteiger partial charge is 0.271 e. The lowest BCUT2D eigenvalue weighted by atomic mass is 9.87. The smallest absolute Gasteiger partial charge is 0.0247 e. The van der Waals surface area contributed by atoms with Crippen LogP contribution in [0.4, 0.5) is 0 Å². The second-order valence-electron chi connectivity index (χ2n) is 7.88. The van der Waals surface area contributed by atoms with Crippen molar-refractivity contribution in [1.29, 1.82) is 0 Å². The lowest BCUT2D eigenvalue weighted by Crippen LogP contribution is -2.38. The summed E-state index contributed by atoms with van der Waals surface area (Å²) in [6, 6.07) is 9.49. The summed E-state index contributed by atoms with van der Waals surface area (Å²) in [5, 5.41) is 0. The van der Waals surface area contributed by atoms with E-state index in [-0.39, 0.29) is 0 Å². The maximum Gasteiger partial charge on any atom is 0.0247 e. The van der Waals surface area contributed by atoms with E-state index < -0.39 is 0 Å². The monoisotopic (exact) mass is 272 g/mol. The third-order valence-electron chi connectivity index (χ3n) is 5.27. The SMILES string of the molecule is CC(C)(C)CCC(NN)C1C2CCc3ccccc3C21. The molecule has 1 saturated carbocycles. The van der Waals surface area contributed by atoms with Crippen LogP contribution in [0.3, 0.4) is 0 Å². The maximum atomic E-state index is 5.87. The minimum Gasteiger partial charge on any atom is -0.271 e. The number of hydrogen-bond acceptors (Lipinski definition) is 2. The predicted octanol–water partition coefficient (Wildman–Crippen LogP) is 3.62. The van der Waals surface area contributed by atoms with Crippen LogP contribution >= 0.6 is 0 Å². The first-order valence-corrected chi connectivity index (χ1v) is 8.05. The maximum absolute atomic E-state index is 5.87. The van der Waals surface area contributed by atoms with Crippen LogP contribution in [0.2, 0.25) is 0 Å². The van der Waals surface area contributed by atoms with Crippen LogP contribution in [0, 0.1) is 17.3 Å². The Balaban J connectivity index is 1.70.